The minimum Gasteiger partial charge on any atom is -0.382 e. The van der Waals surface area contributed by atoms with E-state index >= 15 is 0 Å². The molecule has 1 aliphatic heterocycles. The summed E-state index contributed by atoms with van der Waals surface area (Å²) >= 11 is 0. The van der Waals surface area contributed by atoms with E-state index in [2.05, 4.69) is 22.4 Å². The highest BCUT2D eigenvalue weighted by Crippen LogP contribution is 2.31. The van der Waals surface area contributed by atoms with Crippen molar-refractivity contribution < 1.29 is 8.42 Å². The Labute approximate surface area is 160 Å². The molecule has 1 saturated heterocycles. The molecule has 4 N–H and O–H groups in total. The lowest BCUT2D eigenvalue weighted by molar-refractivity contribution is 0.447. The average Bonchev–Trinajstić information content (AvgIpc) is 2.61. The maximum absolute atomic E-state index is 12.7. The van der Waals surface area contributed by atoms with Crippen LogP contribution in [0.4, 0.5) is 11.4 Å². The monoisotopic (exact) mass is 390 g/mol. The zero-order valence-corrected chi connectivity index (χ0v) is 16.7. The number of anilines is 2. The van der Waals surface area contributed by atoms with Crippen molar-refractivity contribution >= 4 is 32.8 Å². The van der Waals surface area contributed by atoms with Crippen LogP contribution in [0.5, 0.6) is 0 Å². The van der Waals surface area contributed by atoms with Gasteiger partial charge in [0, 0.05) is 18.8 Å². The molecule has 1 unspecified atom stereocenters. The van der Waals surface area contributed by atoms with Crippen LogP contribution >= 0.6 is 0 Å². The molecule has 1 fully saturated rings. The predicted molar refractivity (Wildman–Crippen MR) is 108 cm³/mol. The smallest absolute Gasteiger partial charge is 0.201 e. The van der Waals surface area contributed by atoms with Crippen LogP contribution in [0.25, 0.3) is 0 Å². The van der Waals surface area contributed by atoms with E-state index in [1.807, 2.05) is 0 Å². The van der Waals surface area contributed by atoms with Crippen LogP contribution in [-0.2, 0) is 9.84 Å². The van der Waals surface area contributed by atoms with Crippen molar-refractivity contribution in [2.24, 2.45) is 16.8 Å². The van der Waals surface area contributed by atoms with E-state index in [4.69, 9.17) is 16.4 Å². The van der Waals surface area contributed by atoms with Crippen LogP contribution in [-0.4, -0.2) is 38.3 Å². The second-order valence-electron chi connectivity index (χ2n) is 7.07. The van der Waals surface area contributed by atoms with Crippen LogP contribution in [0.3, 0.4) is 0 Å². The van der Waals surface area contributed by atoms with Gasteiger partial charge < -0.3 is 10.6 Å². The van der Waals surface area contributed by atoms with Gasteiger partial charge in [0.05, 0.1) is 15.8 Å². The van der Waals surface area contributed by atoms with Crippen molar-refractivity contribution in [1.82, 2.24) is 0 Å². The number of benzene rings is 1. The molecule has 0 aromatic heterocycles. The Balaban J connectivity index is 2.49. The van der Waals surface area contributed by atoms with Crippen LogP contribution in [0.1, 0.15) is 33.6 Å². The lowest BCUT2D eigenvalue weighted by atomic mass is 10.00. The molecular formula is C18H26N6O2S. The van der Waals surface area contributed by atoms with Gasteiger partial charge >= 0.3 is 0 Å². The van der Waals surface area contributed by atoms with Gasteiger partial charge in [0.2, 0.25) is 5.71 Å². The second kappa shape index (κ2) is 8.39. The van der Waals surface area contributed by atoms with E-state index in [0.717, 1.165) is 25.2 Å². The number of piperidine rings is 1. The number of rotatable bonds is 6. The topological polar surface area (TPSA) is 135 Å². The minimum absolute atomic E-state index is 0.107. The normalized spacial score (nSPS) is 18.3. The number of sulfone groups is 1. The highest BCUT2D eigenvalue weighted by molar-refractivity contribution is 7.92. The van der Waals surface area contributed by atoms with Crippen molar-refractivity contribution in [1.29, 1.82) is 10.7 Å². The summed E-state index contributed by atoms with van der Waals surface area (Å²) in [5, 5.41) is 19.6. The lowest BCUT2D eigenvalue weighted by Gasteiger charge is -2.33. The van der Waals surface area contributed by atoms with Crippen LogP contribution < -0.4 is 16.1 Å². The van der Waals surface area contributed by atoms with E-state index in [9.17, 15) is 8.42 Å². The maximum atomic E-state index is 12.7. The molecule has 0 amide bonds. The molecule has 0 aliphatic carbocycles. The van der Waals surface area contributed by atoms with Gasteiger partial charge in [-0.05, 0) is 50.8 Å². The first-order chi connectivity index (χ1) is 12.7. The van der Waals surface area contributed by atoms with E-state index in [-0.39, 0.29) is 16.3 Å². The molecule has 146 valence electrons. The highest BCUT2D eigenvalue weighted by Gasteiger charge is 2.25. The molecular weight excluding hydrogens is 364 g/mol. The van der Waals surface area contributed by atoms with Gasteiger partial charge in [0.1, 0.15) is 6.07 Å². The fourth-order valence-electron chi connectivity index (χ4n) is 2.99. The molecule has 1 aromatic carbocycles. The van der Waals surface area contributed by atoms with E-state index in [1.54, 1.807) is 38.1 Å². The molecule has 9 heteroatoms. The van der Waals surface area contributed by atoms with Gasteiger partial charge in [-0.2, -0.15) is 10.4 Å². The molecule has 8 nitrogen and oxygen atoms in total. The van der Waals surface area contributed by atoms with Crippen LogP contribution in [0, 0.1) is 22.7 Å². The van der Waals surface area contributed by atoms with Crippen molar-refractivity contribution in [3.8, 4) is 6.07 Å². The number of nitriles is 1. The maximum Gasteiger partial charge on any atom is 0.201 e. The zero-order chi connectivity index (χ0) is 20.2. The number of nitrogens with one attached hydrogen (secondary N) is 2. The number of nitrogens with two attached hydrogens (primary N) is 1. The SMILES string of the molecule is CC1CCCN(c2ccc(S(=O)(=O)C(C)C)c(N/N=C(\C#N)C(=N)N)c2)C1. The van der Waals surface area contributed by atoms with E-state index < -0.39 is 20.9 Å². The minimum atomic E-state index is -3.56. The van der Waals surface area contributed by atoms with Crippen molar-refractivity contribution in [3.63, 3.8) is 0 Å². The molecule has 0 bridgehead atoms. The molecule has 1 heterocycles. The first-order valence-electron chi connectivity index (χ1n) is 8.88. The average molecular weight is 391 g/mol. The summed E-state index contributed by atoms with van der Waals surface area (Å²) < 4.78 is 25.4. The second-order valence-corrected chi connectivity index (χ2v) is 9.54. The Morgan fingerprint density at radius 3 is 2.74 bits per heavy atom. The first-order valence-corrected chi connectivity index (χ1v) is 10.4. The number of hydrazone groups is 1. The highest BCUT2D eigenvalue weighted by atomic mass is 32.2. The summed E-state index contributed by atoms with van der Waals surface area (Å²) in [6.07, 6.45) is 2.26. The Kier molecular flexibility index (Phi) is 6.44. The fourth-order valence-corrected chi connectivity index (χ4v) is 4.17. The zero-order valence-electron chi connectivity index (χ0n) is 15.9. The third-order valence-electron chi connectivity index (χ3n) is 4.56. The summed E-state index contributed by atoms with van der Waals surface area (Å²) in [6, 6.07) is 6.82. The third-order valence-corrected chi connectivity index (χ3v) is 6.77. The molecule has 2 rings (SSSR count). The Hall–Kier alpha value is -2.60. The third kappa shape index (κ3) is 4.77. The Morgan fingerprint density at radius 1 is 1.48 bits per heavy atom. The number of nitrogens with zero attached hydrogens (tertiary/aromatic N) is 3. The molecule has 0 saturated carbocycles. The number of hydrogen-bond acceptors (Lipinski definition) is 7. The summed E-state index contributed by atoms with van der Waals surface area (Å²) in [5.41, 5.74) is 8.80. The van der Waals surface area contributed by atoms with Crippen molar-refractivity contribution in [2.45, 2.75) is 43.8 Å². The van der Waals surface area contributed by atoms with Gasteiger partial charge in [-0.25, -0.2) is 8.42 Å². The number of hydrogen-bond donors (Lipinski definition) is 3. The summed E-state index contributed by atoms with van der Waals surface area (Å²) in [7, 11) is -3.56. The van der Waals surface area contributed by atoms with Gasteiger partial charge in [0.15, 0.2) is 15.7 Å². The van der Waals surface area contributed by atoms with Gasteiger partial charge in [0.25, 0.3) is 0 Å². The first kappa shape index (κ1) is 20.7. The van der Waals surface area contributed by atoms with Gasteiger partial charge in [-0.15, -0.1) is 0 Å². The summed E-state index contributed by atoms with van der Waals surface area (Å²) in [5.74, 6) is 0.0782. The Morgan fingerprint density at radius 2 is 2.19 bits per heavy atom. The van der Waals surface area contributed by atoms with E-state index in [1.165, 1.54) is 6.42 Å². The fraction of sp³-hybridized carbons (Fsp3) is 0.500. The van der Waals surface area contributed by atoms with Gasteiger partial charge in [-0.1, -0.05) is 6.92 Å². The molecule has 0 spiro atoms. The largest absolute Gasteiger partial charge is 0.382 e. The van der Waals surface area contributed by atoms with Crippen molar-refractivity contribution in [2.75, 3.05) is 23.4 Å². The molecule has 1 aromatic rings. The molecule has 1 aliphatic rings. The summed E-state index contributed by atoms with van der Waals surface area (Å²) in [6.45, 7) is 7.22. The van der Waals surface area contributed by atoms with Crippen molar-refractivity contribution in [3.05, 3.63) is 18.2 Å². The Bertz CT molecular complexity index is 886. The molecule has 1 atom stereocenters. The lowest BCUT2D eigenvalue weighted by Crippen LogP contribution is -2.34. The van der Waals surface area contributed by atoms with E-state index in [0.29, 0.717) is 5.92 Å². The molecule has 0 radical (unpaired) electrons. The summed E-state index contributed by atoms with van der Waals surface area (Å²) in [4.78, 5) is 2.32. The van der Waals surface area contributed by atoms with Crippen LogP contribution in [0.15, 0.2) is 28.2 Å². The predicted octanol–water partition coefficient (Wildman–Crippen LogP) is 2.33. The number of amidine groups is 1. The standard InChI is InChI=1S/C18H26N6O2S/c1-12(2)27(25,26)17-7-6-14(24-8-4-5-13(3)11-24)9-15(17)22-23-16(10-19)18(20)21/h6-7,9,12-13,22H,4-5,8,11H2,1-3H3,(H3,20,21)/b23-16+. The van der Waals surface area contributed by atoms with Gasteiger partial charge in [-0.3, -0.25) is 10.8 Å². The molecule has 27 heavy (non-hydrogen) atoms. The van der Waals surface area contributed by atoms with Crippen LogP contribution in [0.2, 0.25) is 0 Å². The quantitative estimate of drug-likeness (QED) is 0.387.